The van der Waals surface area contributed by atoms with Gasteiger partial charge in [0.1, 0.15) is 11.6 Å². The number of nitrogens with one attached hydrogen (secondary N) is 1. The molecule has 0 unspecified atom stereocenters. The number of aromatic nitrogens is 1. The fourth-order valence-corrected chi connectivity index (χ4v) is 1.97. The number of anilines is 1. The first-order chi connectivity index (χ1) is 12.4. The summed E-state index contributed by atoms with van der Waals surface area (Å²) in [6.45, 7) is 2.95. The number of benzene rings is 1. The van der Waals surface area contributed by atoms with Crippen LogP contribution in [-0.2, 0) is 14.3 Å². The minimum atomic E-state index is -1.04. The summed E-state index contributed by atoms with van der Waals surface area (Å²) in [4.78, 5) is 28.1. The van der Waals surface area contributed by atoms with Crippen molar-refractivity contribution < 1.29 is 19.1 Å². The van der Waals surface area contributed by atoms with Crippen LogP contribution in [0.5, 0.6) is 5.75 Å². The van der Waals surface area contributed by atoms with E-state index in [2.05, 4.69) is 10.3 Å². The van der Waals surface area contributed by atoms with Gasteiger partial charge >= 0.3 is 5.97 Å². The fraction of sp³-hybridized carbons (Fsp3) is 0.222. The van der Waals surface area contributed by atoms with Crippen LogP contribution in [0.3, 0.4) is 0 Å². The quantitative estimate of drug-likeness (QED) is 0.781. The number of nitriles is 1. The average molecular weight is 374 g/mol. The van der Waals surface area contributed by atoms with Gasteiger partial charge < -0.3 is 14.8 Å². The zero-order chi connectivity index (χ0) is 19.1. The van der Waals surface area contributed by atoms with Gasteiger partial charge in [-0.15, -0.1) is 0 Å². The molecular formula is C18H16ClN3O4. The number of halogens is 1. The van der Waals surface area contributed by atoms with Crippen LogP contribution in [0.1, 0.15) is 19.4 Å². The van der Waals surface area contributed by atoms with Gasteiger partial charge in [-0.2, -0.15) is 5.26 Å². The summed E-state index contributed by atoms with van der Waals surface area (Å²) in [5.41, 5.74) is 0.480. The van der Waals surface area contributed by atoms with Crippen LogP contribution in [0.15, 0.2) is 42.6 Å². The molecule has 26 heavy (non-hydrogen) atoms. The average Bonchev–Trinajstić information content (AvgIpc) is 2.64. The maximum atomic E-state index is 12.1. The Kier molecular flexibility index (Phi) is 6.53. The Morgan fingerprint density at radius 2 is 1.85 bits per heavy atom. The van der Waals surface area contributed by atoms with Gasteiger partial charge in [-0.3, -0.25) is 4.79 Å². The third kappa shape index (κ3) is 5.46. The zero-order valence-corrected chi connectivity index (χ0v) is 14.9. The van der Waals surface area contributed by atoms with Gasteiger partial charge in [0.2, 0.25) is 0 Å². The normalized spacial score (nSPS) is 12.4. The Morgan fingerprint density at radius 1 is 1.15 bits per heavy atom. The number of amides is 1. The van der Waals surface area contributed by atoms with Crippen LogP contribution in [0.25, 0.3) is 0 Å². The molecule has 134 valence electrons. The smallest absolute Gasteiger partial charge is 0.347 e. The lowest BCUT2D eigenvalue weighted by atomic mass is 10.2. The third-order valence-electron chi connectivity index (χ3n) is 3.27. The summed E-state index contributed by atoms with van der Waals surface area (Å²) >= 11 is 5.72. The van der Waals surface area contributed by atoms with E-state index in [1.54, 1.807) is 30.3 Å². The first-order valence-electron chi connectivity index (χ1n) is 7.69. The number of carbonyl (C=O) groups is 2. The van der Waals surface area contributed by atoms with E-state index in [9.17, 15) is 9.59 Å². The van der Waals surface area contributed by atoms with Gasteiger partial charge in [0.25, 0.3) is 5.91 Å². The van der Waals surface area contributed by atoms with Crippen molar-refractivity contribution >= 4 is 29.3 Å². The molecule has 1 heterocycles. The molecule has 2 aromatic rings. The van der Waals surface area contributed by atoms with E-state index in [0.29, 0.717) is 22.2 Å². The SMILES string of the molecule is C[C@H](OC(=O)[C@@H](C)Oc1ccc(C#N)cc1)C(=O)Nc1ccc(Cl)cn1. The van der Waals surface area contributed by atoms with Gasteiger partial charge in [0.05, 0.1) is 16.7 Å². The van der Waals surface area contributed by atoms with Gasteiger partial charge in [0, 0.05) is 6.20 Å². The van der Waals surface area contributed by atoms with Crippen LogP contribution in [0.2, 0.25) is 5.02 Å². The van der Waals surface area contributed by atoms with E-state index in [-0.39, 0.29) is 0 Å². The second-order valence-corrected chi connectivity index (χ2v) is 5.76. The van der Waals surface area contributed by atoms with Crippen LogP contribution in [0.4, 0.5) is 5.82 Å². The predicted molar refractivity (Wildman–Crippen MR) is 94.7 cm³/mol. The summed E-state index contributed by atoms with van der Waals surface area (Å²) in [6.07, 6.45) is -0.569. The molecule has 0 radical (unpaired) electrons. The molecule has 7 nitrogen and oxygen atoms in total. The molecule has 1 N–H and O–H groups in total. The van der Waals surface area contributed by atoms with Crippen molar-refractivity contribution in [2.75, 3.05) is 5.32 Å². The van der Waals surface area contributed by atoms with Crippen LogP contribution < -0.4 is 10.1 Å². The van der Waals surface area contributed by atoms with Crippen molar-refractivity contribution in [3.63, 3.8) is 0 Å². The molecule has 0 fully saturated rings. The minimum Gasteiger partial charge on any atom is -0.479 e. The zero-order valence-electron chi connectivity index (χ0n) is 14.1. The second kappa shape index (κ2) is 8.83. The lowest BCUT2D eigenvalue weighted by molar-refractivity contribution is -0.159. The van der Waals surface area contributed by atoms with Crippen molar-refractivity contribution in [3.05, 3.63) is 53.2 Å². The number of nitrogens with zero attached hydrogens (tertiary/aromatic N) is 2. The third-order valence-corrected chi connectivity index (χ3v) is 3.49. The molecule has 0 bridgehead atoms. The summed E-state index contributed by atoms with van der Waals surface area (Å²) in [7, 11) is 0. The Labute approximate surface area is 155 Å². The number of rotatable bonds is 6. The molecule has 8 heteroatoms. The maximum absolute atomic E-state index is 12.1. The molecule has 2 atom stereocenters. The van der Waals surface area contributed by atoms with E-state index in [4.69, 9.17) is 26.3 Å². The number of carbonyl (C=O) groups excluding carboxylic acids is 2. The summed E-state index contributed by atoms with van der Waals surface area (Å²) in [6, 6.07) is 11.4. The van der Waals surface area contributed by atoms with Gasteiger partial charge in [-0.1, -0.05) is 11.6 Å². The van der Waals surface area contributed by atoms with Crippen molar-refractivity contribution in [2.24, 2.45) is 0 Å². The molecule has 0 saturated heterocycles. The highest BCUT2D eigenvalue weighted by Gasteiger charge is 2.23. The van der Waals surface area contributed by atoms with Gasteiger partial charge in [0.15, 0.2) is 12.2 Å². The Hall–Kier alpha value is -3.11. The van der Waals surface area contributed by atoms with E-state index < -0.39 is 24.1 Å². The highest BCUT2D eigenvalue weighted by Crippen LogP contribution is 2.15. The lowest BCUT2D eigenvalue weighted by Gasteiger charge is -2.17. The largest absolute Gasteiger partial charge is 0.479 e. The summed E-state index contributed by atoms with van der Waals surface area (Å²) in [5, 5.41) is 11.7. The van der Waals surface area contributed by atoms with Crippen molar-refractivity contribution in [1.82, 2.24) is 4.98 Å². The fourth-order valence-electron chi connectivity index (χ4n) is 1.86. The number of ether oxygens (including phenoxy) is 2. The minimum absolute atomic E-state index is 0.296. The number of pyridine rings is 1. The molecular weight excluding hydrogens is 358 g/mol. The summed E-state index contributed by atoms with van der Waals surface area (Å²) < 4.78 is 10.5. The van der Waals surface area contributed by atoms with E-state index >= 15 is 0 Å². The number of hydrogen-bond acceptors (Lipinski definition) is 6. The molecule has 0 aliphatic heterocycles. The maximum Gasteiger partial charge on any atom is 0.347 e. The number of hydrogen-bond donors (Lipinski definition) is 1. The second-order valence-electron chi connectivity index (χ2n) is 5.33. The van der Waals surface area contributed by atoms with Crippen molar-refractivity contribution in [2.45, 2.75) is 26.1 Å². The molecule has 0 aliphatic carbocycles. The Bertz CT molecular complexity index is 816. The number of esters is 1. The van der Waals surface area contributed by atoms with Crippen LogP contribution in [-0.4, -0.2) is 29.1 Å². The van der Waals surface area contributed by atoms with Crippen molar-refractivity contribution in [1.29, 1.82) is 5.26 Å². The standard InChI is InChI=1S/C18H16ClN3O4/c1-11(17(23)22-16-8-5-14(19)10-21-16)26-18(24)12(2)25-15-6-3-13(9-20)4-7-15/h3-8,10-12H,1-2H3,(H,21,22,23)/t11-,12+/m0/s1. The molecule has 1 amide bonds. The monoisotopic (exact) mass is 373 g/mol. The first kappa shape index (κ1) is 19.2. The van der Waals surface area contributed by atoms with Gasteiger partial charge in [-0.05, 0) is 50.2 Å². The summed E-state index contributed by atoms with van der Waals surface area (Å²) in [5.74, 6) is -0.514. The topological polar surface area (TPSA) is 101 Å². The highest BCUT2D eigenvalue weighted by atomic mass is 35.5. The van der Waals surface area contributed by atoms with E-state index in [0.717, 1.165) is 0 Å². The lowest BCUT2D eigenvalue weighted by Crippen LogP contribution is -2.35. The van der Waals surface area contributed by atoms with Gasteiger partial charge in [-0.25, -0.2) is 9.78 Å². The predicted octanol–water partition coefficient (Wildman–Crippen LogP) is 2.94. The van der Waals surface area contributed by atoms with E-state index in [1.807, 2.05) is 6.07 Å². The van der Waals surface area contributed by atoms with E-state index in [1.165, 1.54) is 26.1 Å². The first-order valence-corrected chi connectivity index (χ1v) is 8.06. The Morgan fingerprint density at radius 3 is 2.42 bits per heavy atom. The van der Waals surface area contributed by atoms with Crippen LogP contribution in [0, 0.1) is 11.3 Å². The molecule has 0 spiro atoms. The molecule has 2 rings (SSSR count). The Balaban J connectivity index is 1.87. The highest BCUT2D eigenvalue weighted by molar-refractivity contribution is 6.30. The molecule has 0 saturated carbocycles. The molecule has 0 aliphatic rings. The van der Waals surface area contributed by atoms with Crippen LogP contribution >= 0.6 is 11.6 Å². The molecule has 1 aromatic carbocycles. The van der Waals surface area contributed by atoms with Crippen molar-refractivity contribution in [3.8, 4) is 11.8 Å². The molecule has 1 aromatic heterocycles.